The second-order valence-corrected chi connectivity index (χ2v) is 7.66. The molecule has 0 bridgehead atoms. The Labute approximate surface area is 137 Å². The molecule has 2 amide bonds. The van der Waals surface area contributed by atoms with E-state index in [1.807, 2.05) is 0 Å². The van der Waals surface area contributed by atoms with Crippen molar-refractivity contribution in [3.63, 3.8) is 0 Å². The highest BCUT2D eigenvalue weighted by molar-refractivity contribution is 5.97. The van der Waals surface area contributed by atoms with Crippen LogP contribution < -0.4 is 10.6 Å². The summed E-state index contributed by atoms with van der Waals surface area (Å²) < 4.78 is 0. The summed E-state index contributed by atoms with van der Waals surface area (Å²) in [5, 5.41) is 15.0. The van der Waals surface area contributed by atoms with Crippen LogP contribution in [0.2, 0.25) is 0 Å². The van der Waals surface area contributed by atoms with E-state index < -0.39 is 0 Å². The Balaban J connectivity index is 1.88. The molecule has 126 valence electrons. The van der Waals surface area contributed by atoms with Crippen molar-refractivity contribution in [3.8, 4) is 0 Å². The van der Waals surface area contributed by atoms with Crippen LogP contribution in [0.15, 0.2) is 24.3 Å². The number of carbonyl (C=O) groups is 2. The third-order valence-electron chi connectivity index (χ3n) is 4.11. The van der Waals surface area contributed by atoms with E-state index in [-0.39, 0.29) is 29.3 Å². The van der Waals surface area contributed by atoms with Gasteiger partial charge in [-0.25, -0.2) is 0 Å². The number of aliphatic hydroxyl groups excluding tert-OH is 1. The van der Waals surface area contributed by atoms with Crippen LogP contribution in [0.3, 0.4) is 0 Å². The van der Waals surface area contributed by atoms with Gasteiger partial charge < -0.3 is 15.7 Å². The highest BCUT2D eigenvalue weighted by Gasteiger charge is 2.42. The quantitative estimate of drug-likeness (QED) is 0.750. The summed E-state index contributed by atoms with van der Waals surface area (Å²) in [6, 6.07) is 6.62. The van der Waals surface area contributed by atoms with Crippen molar-refractivity contribution in [1.29, 1.82) is 0 Å². The lowest BCUT2D eigenvalue weighted by Crippen LogP contribution is -2.33. The molecule has 0 radical (unpaired) electrons. The molecule has 0 aliphatic heterocycles. The molecule has 0 unspecified atom stereocenters. The lowest BCUT2D eigenvalue weighted by atomic mass is 9.97. The molecule has 2 rings (SSSR count). The van der Waals surface area contributed by atoms with Crippen LogP contribution in [-0.2, 0) is 0 Å². The fourth-order valence-corrected chi connectivity index (χ4v) is 2.16. The van der Waals surface area contributed by atoms with Crippen LogP contribution in [0.25, 0.3) is 0 Å². The first-order chi connectivity index (χ1) is 10.7. The zero-order valence-corrected chi connectivity index (χ0v) is 14.1. The second kappa shape index (κ2) is 6.71. The lowest BCUT2D eigenvalue weighted by molar-refractivity contribution is 0.0925. The van der Waals surface area contributed by atoms with Gasteiger partial charge in [-0.2, -0.15) is 0 Å². The summed E-state index contributed by atoms with van der Waals surface area (Å²) in [7, 11) is 0. The largest absolute Gasteiger partial charge is 0.396 e. The molecule has 1 aromatic rings. The van der Waals surface area contributed by atoms with Crippen LogP contribution in [0, 0.1) is 10.8 Å². The van der Waals surface area contributed by atoms with Gasteiger partial charge in [0, 0.05) is 29.6 Å². The van der Waals surface area contributed by atoms with Crippen LogP contribution in [0.1, 0.15) is 54.3 Å². The van der Waals surface area contributed by atoms with E-state index in [0.717, 1.165) is 12.8 Å². The highest BCUT2D eigenvalue weighted by atomic mass is 16.3. The molecular formula is C18H26N2O3. The first kappa shape index (κ1) is 17.5. The van der Waals surface area contributed by atoms with Crippen LogP contribution in [0.4, 0.5) is 0 Å². The van der Waals surface area contributed by atoms with Crippen molar-refractivity contribution in [2.24, 2.45) is 10.8 Å². The smallest absolute Gasteiger partial charge is 0.251 e. The van der Waals surface area contributed by atoms with Gasteiger partial charge in [0.2, 0.25) is 0 Å². The van der Waals surface area contributed by atoms with Crippen molar-refractivity contribution < 1.29 is 14.7 Å². The molecule has 0 aromatic heterocycles. The van der Waals surface area contributed by atoms with Gasteiger partial charge in [-0.15, -0.1) is 0 Å². The monoisotopic (exact) mass is 318 g/mol. The Hall–Kier alpha value is -1.88. The maximum absolute atomic E-state index is 12.1. The average molecular weight is 318 g/mol. The molecule has 5 nitrogen and oxygen atoms in total. The summed E-state index contributed by atoms with van der Waals surface area (Å²) >= 11 is 0. The van der Waals surface area contributed by atoms with Gasteiger partial charge in [-0.3, -0.25) is 9.59 Å². The Morgan fingerprint density at radius 2 is 1.52 bits per heavy atom. The van der Waals surface area contributed by atoms with Crippen LogP contribution in [-0.4, -0.2) is 36.6 Å². The van der Waals surface area contributed by atoms with Gasteiger partial charge in [0.05, 0.1) is 6.61 Å². The number of hydrogen-bond acceptors (Lipinski definition) is 3. The van der Waals surface area contributed by atoms with Crippen molar-refractivity contribution in [3.05, 3.63) is 35.4 Å². The number of hydrogen-bond donors (Lipinski definition) is 3. The number of nitrogens with one attached hydrogen (secondary N) is 2. The van der Waals surface area contributed by atoms with E-state index in [1.54, 1.807) is 24.3 Å². The maximum atomic E-state index is 12.1. The molecule has 0 heterocycles. The van der Waals surface area contributed by atoms with E-state index in [0.29, 0.717) is 24.2 Å². The van der Waals surface area contributed by atoms with Gasteiger partial charge in [-0.05, 0) is 42.5 Å². The minimum Gasteiger partial charge on any atom is -0.396 e. The number of amides is 2. The van der Waals surface area contributed by atoms with Gasteiger partial charge in [-0.1, -0.05) is 20.8 Å². The lowest BCUT2D eigenvalue weighted by Gasteiger charge is -2.18. The van der Waals surface area contributed by atoms with Crippen LogP contribution >= 0.6 is 0 Å². The zero-order chi connectivity index (χ0) is 17.1. The van der Waals surface area contributed by atoms with Crippen molar-refractivity contribution in [1.82, 2.24) is 10.6 Å². The minimum atomic E-state index is -0.175. The molecule has 3 N–H and O–H groups in total. The van der Waals surface area contributed by atoms with Crippen molar-refractivity contribution >= 4 is 11.8 Å². The Kier molecular flexibility index (Phi) is 5.09. The first-order valence-electron chi connectivity index (χ1n) is 8.02. The number of rotatable bonds is 6. The van der Waals surface area contributed by atoms with Gasteiger partial charge in [0.25, 0.3) is 11.8 Å². The SMILES string of the molecule is CC(C)(C)CNC(=O)c1ccc(C(=O)NCC2(CO)CC2)cc1. The van der Waals surface area contributed by atoms with Gasteiger partial charge >= 0.3 is 0 Å². The summed E-state index contributed by atoms with van der Waals surface area (Å²) in [5.41, 5.74) is 0.981. The van der Waals surface area contributed by atoms with E-state index in [9.17, 15) is 14.7 Å². The standard InChI is InChI=1S/C18H26N2O3/c1-17(2,3)10-19-15(22)13-4-6-14(7-5-13)16(23)20-11-18(12-21)8-9-18/h4-7,21H,8-12H2,1-3H3,(H,19,22)(H,20,23). The fourth-order valence-electron chi connectivity index (χ4n) is 2.16. The predicted molar refractivity (Wildman–Crippen MR) is 89.3 cm³/mol. The Bertz CT molecular complexity index is 569. The fraction of sp³-hybridized carbons (Fsp3) is 0.556. The number of aliphatic hydroxyl groups is 1. The minimum absolute atomic E-state index is 0.0287. The Morgan fingerprint density at radius 3 is 1.91 bits per heavy atom. The van der Waals surface area contributed by atoms with Gasteiger partial charge in [0.15, 0.2) is 0 Å². The Morgan fingerprint density at radius 1 is 1.04 bits per heavy atom. The third kappa shape index (κ3) is 5.06. The first-order valence-corrected chi connectivity index (χ1v) is 8.02. The summed E-state index contributed by atoms with van der Waals surface area (Å²) in [6.45, 7) is 7.37. The van der Waals surface area contributed by atoms with E-state index >= 15 is 0 Å². The van der Waals surface area contributed by atoms with Crippen molar-refractivity contribution in [2.75, 3.05) is 19.7 Å². The zero-order valence-electron chi connectivity index (χ0n) is 14.1. The molecule has 0 atom stereocenters. The molecule has 1 aliphatic rings. The maximum Gasteiger partial charge on any atom is 0.251 e. The summed E-state index contributed by atoms with van der Waals surface area (Å²) in [4.78, 5) is 24.1. The highest BCUT2D eigenvalue weighted by Crippen LogP contribution is 2.44. The predicted octanol–water partition coefficient (Wildman–Crippen LogP) is 1.96. The molecule has 23 heavy (non-hydrogen) atoms. The summed E-state index contributed by atoms with van der Waals surface area (Å²) in [6.07, 6.45) is 1.91. The van der Waals surface area contributed by atoms with Crippen LogP contribution in [0.5, 0.6) is 0 Å². The topological polar surface area (TPSA) is 78.4 Å². The third-order valence-corrected chi connectivity index (χ3v) is 4.11. The number of carbonyl (C=O) groups excluding carboxylic acids is 2. The van der Waals surface area contributed by atoms with E-state index in [2.05, 4.69) is 31.4 Å². The second-order valence-electron chi connectivity index (χ2n) is 7.66. The number of benzene rings is 1. The molecule has 1 aliphatic carbocycles. The molecule has 0 spiro atoms. The molecule has 1 fully saturated rings. The normalized spacial score (nSPS) is 15.8. The van der Waals surface area contributed by atoms with Gasteiger partial charge in [0.1, 0.15) is 0 Å². The molecular weight excluding hydrogens is 292 g/mol. The van der Waals surface area contributed by atoms with E-state index in [4.69, 9.17) is 0 Å². The molecule has 1 aromatic carbocycles. The molecule has 1 saturated carbocycles. The summed E-state index contributed by atoms with van der Waals surface area (Å²) in [5.74, 6) is -0.310. The molecule has 5 heteroatoms. The van der Waals surface area contributed by atoms with Crippen molar-refractivity contribution in [2.45, 2.75) is 33.6 Å². The average Bonchev–Trinajstić information content (AvgIpc) is 3.30. The molecule has 0 saturated heterocycles. The van der Waals surface area contributed by atoms with E-state index in [1.165, 1.54) is 0 Å².